The predicted octanol–water partition coefficient (Wildman–Crippen LogP) is 22.5. The molecule has 17 heteroatoms. The zero-order chi connectivity index (χ0) is 70.5. The van der Waals surface area contributed by atoms with E-state index in [0.29, 0.717) is 125 Å². The quantitative estimate of drug-likeness (QED) is 0.0215. The maximum absolute atomic E-state index is 13.0. The Balaban J connectivity index is 2.72. The molecule has 0 saturated carbocycles. The van der Waals surface area contributed by atoms with Gasteiger partial charge in [-0.1, -0.05) is 310 Å². The van der Waals surface area contributed by atoms with Gasteiger partial charge in [0.05, 0.1) is 138 Å². The van der Waals surface area contributed by atoms with Crippen molar-refractivity contribution < 1.29 is 60.9 Å². The molecule has 0 bridgehead atoms. The molecule has 0 aliphatic heterocycles. The highest BCUT2D eigenvalue weighted by molar-refractivity contribution is 7.57. The molecule has 0 radical (unpaired) electrons. The van der Waals surface area contributed by atoms with Gasteiger partial charge in [0.2, 0.25) is 13.2 Å². The lowest BCUT2D eigenvalue weighted by Gasteiger charge is -2.19. The lowest BCUT2D eigenvalue weighted by molar-refractivity contribution is -0.0221. The molecule has 0 saturated heterocycles. The molecule has 1 atom stereocenters. The molecule has 0 aromatic heterocycles. The first-order valence-corrected chi connectivity index (χ1v) is 43.3. The molecular formula is C81H155FN3O12P. The van der Waals surface area contributed by atoms with Crippen molar-refractivity contribution in [2.24, 2.45) is 15.9 Å². The van der Waals surface area contributed by atoms with E-state index in [-0.39, 0.29) is 19.4 Å². The Hall–Kier alpha value is -2.40. The van der Waals surface area contributed by atoms with Crippen LogP contribution in [0.15, 0.2) is 22.2 Å². The van der Waals surface area contributed by atoms with E-state index < -0.39 is 7.45 Å². The standard InChI is InChI=1S/C81H155FN3O12P/c1-5-8-11-14-17-20-23-26-29-32-35-38-41-44-47-50-53-95-79-72-77(74-84-75-78(85-83)76-94-69-68-92-65-64-90-61-60-88-57-56-87-58-59-89-62-63-91-66-67-93-70-71-98(4,82)86)73-80(96-54-51-48-45-42-39-36-33-30-27-24-21-18-15-12-9-6-2)81(79)97-55-52-49-46-43-40-37-34-31-28-25-22-19-16-13-10-7-3/h72-73,75H,5-71,74,76,83H2,1-4H3. The number of hydrogen-bond acceptors (Lipinski definition) is 15. The first-order valence-electron chi connectivity index (χ1n) is 41.0. The fourth-order valence-corrected chi connectivity index (χ4v) is 12.3. The van der Waals surface area contributed by atoms with Crippen LogP contribution in [0.2, 0.25) is 0 Å². The lowest BCUT2D eigenvalue weighted by atomic mass is 10.0. The molecular weight excluding hydrogens is 1260 g/mol. The number of ether oxygens (including phenoxy) is 11. The van der Waals surface area contributed by atoms with E-state index in [2.05, 4.69) is 38.0 Å². The summed E-state index contributed by atoms with van der Waals surface area (Å²) in [7, 11) is -3.53. The van der Waals surface area contributed by atoms with Crippen LogP contribution in [0.3, 0.4) is 0 Å². The van der Waals surface area contributed by atoms with E-state index in [0.717, 1.165) is 61.6 Å². The Morgan fingerprint density at radius 2 is 0.582 bits per heavy atom. The van der Waals surface area contributed by atoms with Gasteiger partial charge < -0.3 is 57.9 Å². The number of nitrogens with two attached hydrogens (primary N) is 1. The van der Waals surface area contributed by atoms with Gasteiger partial charge in [0.1, 0.15) is 5.71 Å². The molecule has 15 nitrogen and oxygen atoms in total. The third-order valence-corrected chi connectivity index (χ3v) is 19.0. The van der Waals surface area contributed by atoms with Crippen LogP contribution in [-0.4, -0.2) is 150 Å². The number of unbranched alkanes of at least 4 members (excludes halogenated alkanes) is 45. The van der Waals surface area contributed by atoms with Crippen molar-refractivity contribution in [3.8, 4) is 17.2 Å². The van der Waals surface area contributed by atoms with Crippen molar-refractivity contribution in [1.29, 1.82) is 0 Å². The fourth-order valence-electron chi connectivity index (χ4n) is 11.9. The molecule has 1 rings (SSSR count). The van der Waals surface area contributed by atoms with Crippen molar-refractivity contribution in [1.82, 2.24) is 0 Å². The summed E-state index contributed by atoms with van der Waals surface area (Å²) < 4.78 is 88.6. The zero-order valence-electron chi connectivity index (χ0n) is 64.2. The normalized spacial score (nSPS) is 12.6. The van der Waals surface area contributed by atoms with Gasteiger partial charge in [-0.15, -0.1) is 0 Å². The minimum Gasteiger partial charge on any atom is -0.490 e. The summed E-state index contributed by atoms with van der Waals surface area (Å²) in [5.74, 6) is 8.07. The second-order valence-corrected chi connectivity index (χ2v) is 29.9. The predicted molar refractivity (Wildman–Crippen MR) is 411 cm³/mol. The Bertz CT molecular complexity index is 1820. The topological polar surface area (TPSA) is 169 Å². The number of hydrogen-bond donors (Lipinski definition) is 1. The number of rotatable bonds is 83. The maximum Gasteiger partial charge on any atom is 0.243 e. The highest BCUT2D eigenvalue weighted by Gasteiger charge is 2.17. The van der Waals surface area contributed by atoms with Crippen LogP contribution in [-0.2, 0) is 49.0 Å². The van der Waals surface area contributed by atoms with E-state index in [1.807, 2.05) is 0 Å². The van der Waals surface area contributed by atoms with Gasteiger partial charge in [-0.2, -0.15) is 9.30 Å². The monoisotopic (exact) mass is 1410 g/mol. The highest BCUT2D eigenvalue weighted by Crippen LogP contribution is 2.42. The van der Waals surface area contributed by atoms with Gasteiger partial charge in [0.25, 0.3) is 0 Å². The molecule has 0 amide bonds. The van der Waals surface area contributed by atoms with E-state index in [1.54, 1.807) is 6.21 Å². The van der Waals surface area contributed by atoms with Crippen LogP contribution in [0.25, 0.3) is 0 Å². The summed E-state index contributed by atoms with van der Waals surface area (Å²) in [6.45, 7) is 16.6. The minimum absolute atomic E-state index is 0.0705. The number of hydrazone groups is 1. The van der Waals surface area contributed by atoms with E-state index >= 15 is 0 Å². The van der Waals surface area contributed by atoms with Crippen molar-refractivity contribution >= 4 is 19.4 Å². The van der Waals surface area contributed by atoms with Crippen LogP contribution in [0.4, 0.5) is 4.20 Å². The number of benzene rings is 1. The number of nitrogens with zero attached hydrogens (tertiary/aromatic N) is 2. The molecule has 1 aromatic carbocycles. The van der Waals surface area contributed by atoms with Crippen molar-refractivity contribution in [3.05, 3.63) is 17.7 Å². The van der Waals surface area contributed by atoms with Crippen LogP contribution >= 0.6 is 7.45 Å². The van der Waals surface area contributed by atoms with Crippen molar-refractivity contribution in [2.45, 2.75) is 336 Å². The summed E-state index contributed by atoms with van der Waals surface area (Å²) in [4.78, 5) is 4.80. The molecule has 98 heavy (non-hydrogen) atoms. The average Bonchev–Trinajstić information content (AvgIpc) is 0.845. The summed E-state index contributed by atoms with van der Waals surface area (Å²) in [6, 6.07) is 4.20. The molecule has 0 heterocycles. The molecule has 578 valence electrons. The van der Waals surface area contributed by atoms with Gasteiger partial charge in [0.15, 0.2) is 11.5 Å². The zero-order valence-corrected chi connectivity index (χ0v) is 65.1. The molecule has 1 aromatic rings. The Kier molecular flexibility index (Phi) is 73.8. The first kappa shape index (κ1) is 93.6. The maximum atomic E-state index is 13.0. The molecule has 0 spiro atoms. The van der Waals surface area contributed by atoms with Gasteiger partial charge >= 0.3 is 0 Å². The summed E-state index contributed by atoms with van der Waals surface area (Å²) >= 11 is 0. The van der Waals surface area contributed by atoms with Gasteiger partial charge in [-0.3, -0.25) is 9.56 Å². The van der Waals surface area contributed by atoms with Crippen molar-refractivity contribution in [2.75, 3.05) is 138 Å². The lowest BCUT2D eigenvalue weighted by Crippen LogP contribution is -2.17. The van der Waals surface area contributed by atoms with Crippen LogP contribution < -0.4 is 20.1 Å². The van der Waals surface area contributed by atoms with E-state index in [4.69, 9.17) is 62.9 Å². The van der Waals surface area contributed by atoms with Gasteiger partial charge in [-0.05, 0) is 37.0 Å². The molecule has 2 N–H and O–H groups in total. The fraction of sp³-hybridized carbons (Fsp3) is 0.901. The van der Waals surface area contributed by atoms with Crippen LogP contribution in [0, 0.1) is 0 Å². The first-order chi connectivity index (χ1) is 48.3. The Morgan fingerprint density at radius 1 is 0.347 bits per heavy atom. The molecule has 0 aliphatic rings. The number of halogens is 1. The van der Waals surface area contributed by atoms with Crippen molar-refractivity contribution in [3.63, 3.8) is 0 Å². The molecule has 0 fully saturated rings. The van der Waals surface area contributed by atoms with Gasteiger partial charge in [-0.25, -0.2) is 0 Å². The summed E-state index contributed by atoms with van der Waals surface area (Å²) in [5, 5.41) is 3.98. The Labute approximate surface area is 602 Å². The third-order valence-electron chi connectivity index (χ3n) is 18.0. The third kappa shape index (κ3) is 69.3. The van der Waals surface area contributed by atoms with Crippen LogP contribution in [0.1, 0.15) is 335 Å². The van der Waals surface area contributed by atoms with Gasteiger partial charge in [0, 0.05) is 12.9 Å². The largest absolute Gasteiger partial charge is 0.490 e. The smallest absolute Gasteiger partial charge is 0.243 e. The molecule has 1 unspecified atom stereocenters. The average molecular weight is 1410 g/mol. The van der Waals surface area contributed by atoms with E-state index in [1.165, 1.54) is 276 Å². The van der Waals surface area contributed by atoms with Crippen LogP contribution in [0.5, 0.6) is 17.2 Å². The summed E-state index contributed by atoms with van der Waals surface area (Å²) in [6.07, 6.45) is 65.8. The Morgan fingerprint density at radius 3 is 0.837 bits per heavy atom. The second kappa shape index (κ2) is 77.2. The summed E-state index contributed by atoms with van der Waals surface area (Å²) in [5.41, 5.74) is 1.52. The SMILES string of the molecule is CCCCCCCCCCCCCCCCCCOc1cc(CN=CC(COCCOCCOCCOCCOCCOCCOCCOCCP(C)(=O)F)=NN)cc(OCCCCCCCCCCCCCCCCCC)c1OCCCCCCCCCCCCCCCCCC. The second-order valence-electron chi connectivity index (χ2n) is 27.5. The molecule has 0 aliphatic carbocycles. The highest BCUT2D eigenvalue weighted by atomic mass is 31.2. The van der Waals surface area contributed by atoms with E-state index in [9.17, 15) is 8.76 Å². The number of aliphatic imine (C=N–C) groups is 1. The minimum atomic E-state index is -3.53.